The Morgan fingerprint density at radius 3 is 2.03 bits per heavy atom. The molecule has 1 nitrogen and oxygen atoms in total. The number of hydrogen-bond donors (Lipinski definition) is 0. The smallest absolute Gasteiger partial charge is 0.429 e. The van der Waals surface area contributed by atoms with Gasteiger partial charge < -0.3 is 4.74 Å². The minimum absolute atomic E-state index is 0.185. The molecule has 0 amide bonds. The molecule has 196 valence electrons. The highest BCUT2D eigenvalue weighted by molar-refractivity contribution is 5.65. The third-order valence-electron chi connectivity index (χ3n) is 6.92. The molecule has 0 saturated heterocycles. The summed E-state index contributed by atoms with van der Waals surface area (Å²) in [5, 5.41) is 0. The van der Waals surface area contributed by atoms with Crippen molar-refractivity contribution in [1.82, 2.24) is 0 Å². The van der Waals surface area contributed by atoms with Crippen LogP contribution in [0.2, 0.25) is 0 Å². The van der Waals surface area contributed by atoms with Crippen molar-refractivity contribution in [3.8, 4) is 16.9 Å². The van der Waals surface area contributed by atoms with Gasteiger partial charge in [-0.3, -0.25) is 0 Å². The van der Waals surface area contributed by atoms with E-state index < -0.39 is 46.5 Å². The first-order valence-corrected chi connectivity index (χ1v) is 12.0. The van der Waals surface area contributed by atoms with Crippen molar-refractivity contribution in [3.05, 3.63) is 101 Å². The van der Waals surface area contributed by atoms with E-state index in [-0.39, 0.29) is 17.7 Å². The largest absolute Gasteiger partial charge is 0.429 e. The third kappa shape index (κ3) is 5.84. The van der Waals surface area contributed by atoms with Crippen LogP contribution in [0.3, 0.4) is 0 Å². The van der Waals surface area contributed by atoms with Crippen LogP contribution in [0, 0.1) is 35.0 Å². The lowest BCUT2D eigenvalue weighted by atomic mass is 9.77. The maximum Gasteiger partial charge on any atom is 0.429 e. The zero-order valence-corrected chi connectivity index (χ0v) is 19.9. The highest BCUT2D eigenvalue weighted by atomic mass is 19.3. The highest BCUT2D eigenvalue weighted by Gasteiger charge is 2.40. The molecule has 8 heteroatoms. The Balaban J connectivity index is 1.50. The van der Waals surface area contributed by atoms with Crippen LogP contribution >= 0.6 is 0 Å². The van der Waals surface area contributed by atoms with Crippen molar-refractivity contribution in [1.29, 1.82) is 0 Å². The number of hydrogen-bond acceptors (Lipinski definition) is 1. The van der Waals surface area contributed by atoms with Crippen LogP contribution in [-0.4, -0.2) is 0 Å². The Hall–Kier alpha value is -3.29. The Kier molecular flexibility index (Phi) is 7.95. The highest BCUT2D eigenvalue weighted by Crippen LogP contribution is 2.40. The fraction of sp³-hybridized carbons (Fsp3) is 0.310. The van der Waals surface area contributed by atoms with Crippen molar-refractivity contribution in [2.45, 2.75) is 50.6 Å². The predicted molar refractivity (Wildman–Crippen MR) is 127 cm³/mol. The summed E-state index contributed by atoms with van der Waals surface area (Å²) in [4.78, 5) is 0. The molecule has 0 bridgehead atoms. The van der Waals surface area contributed by atoms with Crippen molar-refractivity contribution >= 4 is 0 Å². The maximum absolute atomic E-state index is 14.9. The third-order valence-corrected chi connectivity index (χ3v) is 6.92. The standard InChI is InChI=1S/C29H25F7O/c1-2-3-4-17-5-7-18(8-6-17)19-9-11-20(12-10-19)22-13-14-23(27(33)26(22)32)29(35,36)37-21-15-24(30)28(34)25(31)16-21/h2,9-18H,1,3-8H2. The molecular formula is C29H25F7O. The molecule has 1 aliphatic carbocycles. The minimum atomic E-state index is -4.49. The predicted octanol–water partition coefficient (Wildman–Crippen LogP) is 9.42. The van der Waals surface area contributed by atoms with Crippen LogP contribution in [0.4, 0.5) is 30.7 Å². The zero-order chi connectivity index (χ0) is 26.7. The molecule has 1 aliphatic rings. The van der Waals surface area contributed by atoms with Crippen molar-refractivity contribution in [3.63, 3.8) is 0 Å². The maximum atomic E-state index is 14.9. The first-order chi connectivity index (χ1) is 17.6. The van der Waals surface area contributed by atoms with E-state index in [9.17, 15) is 30.7 Å². The molecule has 3 aromatic carbocycles. The van der Waals surface area contributed by atoms with E-state index in [1.165, 1.54) is 0 Å². The van der Waals surface area contributed by atoms with Gasteiger partial charge in [0.2, 0.25) is 0 Å². The molecule has 0 radical (unpaired) electrons. The molecule has 0 unspecified atom stereocenters. The molecule has 0 atom stereocenters. The number of benzene rings is 3. The van der Waals surface area contributed by atoms with Crippen molar-refractivity contribution < 1.29 is 35.5 Å². The summed E-state index contributed by atoms with van der Waals surface area (Å²) in [7, 11) is 0. The van der Waals surface area contributed by atoms with Crippen LogP contribution < -0.4 is 4.74 Å². The van der Waals surface area contributed by atoms with Gasteiger partial charge in [0.25, 0.3) is 0 Å². The van der Waals surface area contributed by atoms with E-state index in [0.29, 0.717) is 23.5 Å². The molecule has 0 heterocycles. The van der Waals surface area contributed by atoms with Crippen LogP contribution in [0.1, 0.15) is 55.6 Å². The number of alkyl halides is 2. The van der Waals surface area contributed by atoms with Gasteiger partial charge in [-0.25, -0.2) is 22.0 Å². The topological polar surface area (TPSA) is 9.23 Å². The quantitative estimate of drug-likeness (QED) is 0.163. The zero-order valence-electron chi connectivity index (χ0n) is 19.9. The van der Waals surface area contributed by atoms with Gasteiger partial charge in [-0.2, -0.15) is 8.78 Å². The first kappa shape index (κ1) is 26.8. The normalized spacial score (nSPS) is 18.0. The van der Waals surface area contributed by atoms with Gasteiger partial charge >= 0.3 is 6.11 Å². The Morgan fingerprint density at radius 1 is 0.811 bits per heavy atom. The fourth-order valence-corrected chi connectivity index (χ4v) is 4.86. The minimum Gasteiger partial charge on any atom is -0.429 e. The van der Waals surface area contributed by atoms with E-state index in [4.69, 9.17) is 0 Å². The molecule has 1 saturated carbocycles. The lowest BCUT2D eigenvalue weighted by Gasteiger charge is -2.28. The summed E-state index contributed by atoms with van der Waals surface area (Å²) in [5.41, 5.74) is -0.306. The second-order valence-electron chi connectivity index (χ2n) is 9.31. The first-order valence-electron chi connectivity index (χ1n) is 12.0. The van der Waals surface area contributed by atoms with E-state index in [1.807, 2.05) is 18.2 Å². The van der Waals surface area contributed by atoms with Gasteiger partial charge in [0, 0.05) is 17.7 Å². The van der Waals surface area contributed by atoms with Gasteiger partial charge in [0.05, 0.1) is 0 Å². The monoisotopic (exact) mass is 522 g/mol. The van der Waals surface area contributed by atoms with Gasteiger partial charge in [0.15, 0.2) is 29.1 Å². The SMILES string of the molecule is C=CCCC1CCC(c2ccc(-c3ccc(C(F)(F)Oc4cc(F)c(F)c(F)c4)c(F)c3F)cc2)CC1. The molecule has 4 rings (SSSR count). The molecular weight excluding hydrogens is 497 g/mol. The summed E-state index contributed by atoms with van der Waals surface area (Å²) < 4.78 is 103. The van der Waals surface area contributed by atoms with Gasteiger partial charge in [0.1, 0.15) is 11.3 Å². The lowest BCUT2D eigenvalue weighted by Crippen LogP contribution is -2.24. The molecule has 0 spiro atoms. The summed E-state index contributed by atoms with van der Waals surface area (Å²) in [6, 6.07) is 8.91. The Morgan fingerprint density at radius 2 is 1.43 bits per heavy atom. The van der Waals surface area contributed by atoms with E-state index >= 15 is 0 Å². The number of halogens is 7. The van der Waals surface area contributed by atoms with Crippen molar-refractivity contribution in [2.75, 3.05) is 0 Å². The molecule has 0 N–H and O–H groups in total. The summed E-state index contributed by atoms with van der Waals surface area (Å²) in [6.45, 7) is 3.76. The molecule has 0 aromatic heterocycles. The molecule has 1 fully saturated rings. The molecule has 0 aliphatic heterocycles. The van der Waals surface area contributed by atoms with Crippen LogP contribution in [0.15, 0.2) is 61.2 Å². The van der Waals surface area contributed by atoms with Crippen molar-refractivity contribution in [2.24, 2.45) is 5.92 Å². The summed E-state index contributed by atoms with van der Waals surface area (Å²) in [6.07, 6.45) is 3.90. The van der Waals surface area contributed by atoms with Gasteiger partial charge in [-0.1, -0.05) is 36.4 Å². The second-order valence-corrected chi connectivity index (χ2v) is 9.31. The van der Waals surface area contributed by atoms with Crippen LogP contribution in [0.25, 0.3) is 11.1 Å². The lowest BCUT2D eigenvalue weighted by molar-refractivity contribution is -0.187. The Bertz CT molecular complexity index is 1240. The average molecular weight is 523 g/mol. The van der Waals surface area contributed by atoms with Gasteiger partial charge in [-0.05, 0) is 67.6 Å². The number of allylic oxidation sites excluding steroid dienone is 1. The molecule has 37 heavy (non-hydrogen) atoms. The van der Waals surface area contributed by atoms with E-state index in [1.54, 1.807) is 12.1 Å². The average Bonchev–Trinajstić information content (AvgIpc) is 2.87. The van der Waals surface area contributed by atoms with Crippen LogP contribution in [0.5, 0.6) is 5.75 Å². The number of rotatable bonds is 8. The fourth-order valence-electron chi connectivity index (χ4n) is 4.86. The molecule has 3 aromatic rings. The number of ether oxygens (including phenoxy) is 1. The summed E-state index contributed by atoms with van der Waals surface area (Å²) >= 11 is 0. The van der Waals surface area contributed by atoms with Gasteiger partial charge in [-0.15, -0.1) is 6.58 Å². The second kappa shape index (κ2) is 11.0. The van der Waals surface area contributed by atoms with E-state index in [2.05, 4.69) is 11.3 Å². The van der Waals surface area contributed by atoms with Crippen LogP contribution in [-0.2, 0) is 6.11 Å². The summed E-state index contributed by atoms with van der Waals surface area (Å²) in [5.74, 6) is -8.83. The van der Waals surface area contributed by atoms with E-state index in [0.717, 1.165) is 50.2 Å². The Labute approximate surface area is 210 Å².